The van der Waals surface area contributed by atoms with Crippen molar-refractivity contribution in [1.29, 1.82) is 0 Å². The summed E-state index contributed by atoms with van der Waals surface area (Å²) in [5, 5.41) is 4.30. The molecule has 1 aromatic heterocycles. The second kappa shape index (κ2) is 6.02. The summed E-state index contributed by atoms with van der Waals surface area (Å²) in [5.74, 6) is 1.58. The Bertz CT molecular complexity index is 525. The highest BCUT2D eigenvalue weighted by molar-refractivity contribution is 9.10. The SMILES string of the molecule is Cc1c(Oc2cccc(Br)c2)cnn1CCCN. The highest BCUT2D eigenvalue weighted by Gasteiger charge is 2.08. The molecule has 0 aliphatic carbocycles. The first kappa shape index (κ1) is 13.1. The molecule has 0 bridgehead atoms. The van der Waals surface area contributed by atoms with E-state index < -0.39 is 0 Å². The van der Waals surface area contributed by atoms with Crippen molar-refractivity contribution in [3.63, 3.8) is 0 Å². The highest BCUT2D eigenvalue weighted by atomic mass is 79.9. The molecule has 4 nitrogen and oxygen atoms in total. The van der Waals surface area contributed by atoms with Crippen LogP contribution in [0, 0.1) is 6.92 Å². The van der Waals surface area contributed by atoms with Crippen molar-refractivity contribution in [3.05, 3.63) is 40.6 Å². The van der Waals surface area contributed by atoms with E-state index in [0.717, 1.165) is 34.6 Å². The molecule has 2 N–H and O–H groups in total. The molecule has 0 aliphatic heterocycles. The maximum Gasteiger partial charge on any atom is 0.168 e. The highest BCUT2D eigenvalue weighted by Crippen LogP contribution is 2.26. The van der Waals surface area contributed by atoms with Crippen LogP contribution in [0.2, 0.25) is 0 Å². The van der Waals surface area contributed by atoms with Crippen LogP contribution in [0.4, 0.5) is 0 Å². The molecule has 0 amide bonds. The van der Waals surface area contributed by atoms with Gasteiger partial charge in [-0.15, -0.1) is 0 Å². The summed E-state index contributed by atoms with van der Waals surface area (Å²) in [5.41, 5.74) is 6.51. The van der Waals surface area contributed by atoms with Gasteiger partial charge in [0, 0.05) is 11.0 Å². The summed E-state index contributed by atoms with van der Waals surface area (Å²) in [6.07, 6.45) is 2.66. The molecule has 1 aromatic carbocycles. The van der Waals surface area contributed by atoms with Gasteiger partial charge in [-0.05, 0) is 38.1 Å². The number of halogens is 1. The van der Waals surface area contributed by atoms with Crippen molar-refractivity contribution in [2.75, 3.05) is 6.54 Å². The topological polar surface area (TPSA) is 53.1 Å². The van der Waals surface area contributed by atoms with Crippen LogP contribution >= 0.6 is 15.9 Å². The Kier molecular flexibility index (Phi) is 4.38. The van der Waals surface area contributed by atoms with Crippen LogP contribution in [-0.4, -0.2) is 16.3 Å². The van der Waals surface area contributed by atoms with Crippen LogP contribution in [0.3, 0.4) is 0 Å². The third kappa shape index (κ3) is 3.11. The number of ether oxygens (including phenoxy) is 1. The van der Waals surface area contributed by atoms with Gasteiger partial charge in [-0.1, -0.05) is 22.0 Å². The molecular formula is C13H16BrN3O. The molecule has 0 aliphatic rings. The fourth-order valence-corrected chi connectivity index (χ4v) is 2.03. The molecule has 0 spiro atoms. The third-order valence-corrected chi connectivity index (χ3v) is 3.15. The molecule has 2 rings (SSSR count). The zero-order chi connectivity index (χ0) is 13.0. The average molecular weight is 310 g/mol. The Labute approximate surface area is 115 Å². The van der Waals surface area contributed by atoms with Crippen LogP contribution in [0.1, 0.15) is 12.1 Å². The monoisotopic (exact) mass is 309 g/mol. The van der Waals surface area contributed by atoms with Gasteiger partial charge in [0.15, 0.2) is 5.75 Å². The van der Waals surface area contributed by atoms with Crippen molar-refractivity contribution < 1.29 is 4.74 Å². The van der Waals surface area contributed by atoms with Gasteiger partial charge in [-0.3, -0.25) is 4.68 Å². The minimum absolute atomic E-state index is 0.668. The predicted molar refractivity (Wildman–Crippen MR) is 74.9 cm³/mol. The average Bonchev–Trinajstić information content (AvgIpc) is 2.69. The summed E-state index contributed by atoms with van der Waals surface area (Å²) in [7, 11) is 0. The summed E-state index contributed by atoms with van der Waals surface area (Å²) in [6, 6.07) is 7.75. The molecule has 5 heteroatoms. The van der Waals surface area contributed by atoms with E-state index in [1.54, 1.807) is 6.20 Å². The van der Waals surface area contributed by atoms with Gasteiger partial charge in [0.1, 0.15) is 5.75 Å². The van der Waals surface area contributed by atoms with E-state index in [0.29, 0.717) is 6.54 Å². The lowest BCUT2D eigenvalue weighted by Gasteiger charge is -2.06. The van der Waals surface area contributed by atoms with Crippen molar-refractivity contribution in [3.8, 4) is 11.5 Å². The lowest BCUT2D eigenvalue weighted by atomic mass is 10.3. The van der Waals surface area contributed by atoms with Crippen molar-refractivity contribution in [2.45, 2.75) is 19.9 Å². The van der Waals surface area contributed by atoms with Crippen LogP contribution < -0.4 is 10.5 Å². The van der Waals surface area contributed by atoms with Gasteiger partial charge in [0.25, 0.3) is 0 Å². The number of nitrogens with two attached hydrogens (primary N) is 1. The van der Waals surface area contributed by atoms with Crippen LogP contribution in [-0.2, 0) is 6.54 Å². The molecule has 18 heavy (non-hydrogen) atoms. The molecule has 0 unspecified atom stereocenters. The smallest absolute Gasteiger partial charge is 0.168 e. The normalized spacial score (nSPS) is 10.6. The van der Waals surface area contributed by atoms with Crippen molar-refractivity contribution in [1.82, 2.24) is 9.78 Å². The van der Waals surface area contributed by atoms with Crippen LogP contribution in [0.15, 0.2) is 34.9 Å². The van der Waals surface area contributed by atoms with E-state index in [2.05, 4.69) is 21.0 Å². The van der Waals surface area contributed by atoms with Gasteiger partial charge in [-0.2, -0.15) is 5.10 Å². The number of benzene rings is 1. The summed E-state index contributed by atoms with van der Waals surface area (Å²) < 4.78 is 8.72. The second-order valence-electron chi connectivity index (χ2n) is 4.02. The van der Waals surface area contributed by atoms with Crippen LogP contribution in [0.5, 0.6) is 11.5 Å². The molecule has 0 saturated heterocycles. The fourth-order valence-electron chi connectivity index (χ4n) is 1.65. The first-order valence-corrected chi connectivity index (χ1v) is 6.66. The molecular weight excluding hydrogens is 294 g/mol. The lowest BCUT2D eigenvalue weighted by molar-refractivity contribution is 0.474. The van der Waals surface area contributed by atoms with E-state index in [1.807, 2.05) is 35.9 Å². The molecule has 0 fully saturated rings. The number of hydrogen-bond acceptors (Lipinski definition) is 3. The number of hydrogen-bond donors (Lipinski definition) is 1. The van der Waals surface area contributed by atoms with E-state index >= 15 is 0 Å². The maximum atomic E-state index is 5.81. The zero-order valence-corrected chi connectivity index (χ0v) is 11.9. The van der Waals surface area contributed by atoms with E-state index in [9.17, 15) is 0 Å². The number of aryl methyl sites for hydroxylation is 1. The Balaban J connectivity index is 2.12. The van der Waals surface area contributed by atoms with Crippen molar-refractivity contribution in [2.24, 2.45) is 5.73 Å². The molecule has 0 saturated carbocycles. The maximum absolute atomic E-state index is 5.81. The number of aromatic nitrogens is 2. The van der Waals surface area contributed by atoms with Gasteiger partial charge in [0.2, 0.25) is 0 Å². The zero-order valence-electron chi connectivity index (χ0n) is 10.3. The number of nitrogens with zero attached hydrogens (tertiary/aromatic N) is 2. The molecule has 1 heterocycles. The van der Waals surface area contributed by atoms with E-state index in [1.165, 1.54) is 0 Å². The largest absolute Gasteiger partial charge is 0.454 e. The van der Waals surface area contributed by atoms with Crippen LogP contribution in [0.25, 0.3) is 0 Å². The van der Waals surface area contributed by atoms with Crippen molar-refractivity contribution >= 4 is 15.9 Å². The van der Waals surface area contributed by atoms with Gasteiger partial charge in [-0.25, -0.2) is 0 Å². The standard InChI is InChI=1S/C13H16BrN3O/c1-10-13(9-16-17(10)7-3-6-15)18-12-5-2-4-11(14)8-12/h2,4-5,8-9H,3,6-7,15H2,1H3. The third-order valence-electron chi connectivity index (χ3n) is 2.66. The van der Waals surface area contributed by atoms with E-state index in [4.69, 9.17) is 10.5 Å². The van der Waals surface area contributed by atoms with Gasteiger partial charge in [0.05, 0.1) is 11.9 Å². The Morgan fingerprint density at radius 2 is 2.28 bits per heavy atom. The molecule has 96 valence electrons. The van der Waals surface area contributed by atoms with Gasteiger partial charge >= 0.3 is 0 Å². The Morgan fingerprint density at radius 1 is 1.44 bits per heavy atom. The summed E-state index contributed by atoms with van der Waals surface area (Å²) in [6.45, 7) is 3.49. The lowest BCUT2D eigenvalue weighted by Crippen LogP contribution is -2.08. The first-order chi connectivity index (χ1) is 8.70. The van der Waals surface area contributed by atoms with E-state index in [-0.39, 0.29) is 0 Å². The summed E-state index contributed by atoms with van der Waals surface area (Å²) >= 11 is 3.42. The molecule has 0 atom stereocenters. The minimum atomic E-state index is 0.668. The fraction of sp³-hybridized carbons (Fsp3) is 0.308. The Morgan fingerprint density at radius 3 is 3.00 bits per heavy atom. The predicted octanol–water partition coefficient (Wildman–Crippen LogP) is 3.10. The first-order valence-electron chi connectivity index (χ1n) is 5.86. The number of rotatable bonds is 5. The molecule has 2 aromatic rings. The van der Waals surface area contributed by atoms with Gasteiger partial charge < -0.3 is 10.5 Å². The summed E-state index contributed by atoms with van der Waals surface area (Å²) in [4.78, 5) is 0. The Hall–Kier alpha value is -1.33. The molecule has 0 radical (unpaired) electrons. The minimum Gasteiger partial charge on any atom is -0.454 e. The second-order valence-corrected chi connectivity index (χ2v) is 4.93. The quantitative estimate of drug-likeness (QED) is 0.923.